The Balaban J connectivity index is 1.63. The van der Waals surface area contributed by atoms with E-state index < -0.39 is 16.2 Å². The van der Waals surface area contributed by atoms with Gasteiger partial charge in [0.25, 0.3) is 0 Å². The fraction of sp³-hybridized carbons (Fsp3) is 0.571. The van der Waals surface area contributed by atoms with E-state index in [0.29, 0.717) is 17.3 Å². The van der Waals surface area contributed by atoms with Gasteiger partial charge in [0.15, 0.2) is 0 Å². The van der Waals surface area contributed by atoms with Crippen molar-refractivity contribution in [3.05, 3.63) is 35.9 Å². The van der Waals surface area contributed by atoms with Crippen LogP contribution in [0.5, 0.6) is 5.75 Å². The van der Waals surface area contributed by atoms with E-state index in [1.54, 1.807) is 12.1 Å². The molecule has 2 fully saturated rings. The van der Waals surface area contributed by atoms with Crippen molar-refractivity contribution < 1.29 is 17.4 Å². The maximum Gasteiger partial charge on any atom is 0.409 e. The normalized spacial score (nSPS) is 32.2. The van der Waals surface area contributed by atoms with Gasteiger partial charge in [0.2, 0.25) is 5.91 Å². The molecule has 1 aromatic rings. The Bertz CT molecular complexity index is 907. The summed E-state index contributed by atoms with van der Waals surface area (Å²) in [7, 11) is -4.15. The van der Waals surface area contributed by atoms with E-state index in [1.165, 1.54) is 37.7 Å². The maximum atomic E-state index is 11.9. The Morgan fingerprint density at radius 1 is 1.30 bits per heavy atom. The summed E-state index contributed by atoms with van der Waals surface area (Å²) in [6, 6.07) is 5.44. The minimum Gasteiger partial charge on any atom is -0.367 e. The number of amides is 1. The van der Waals surface area contributed by atoms with Gasteiger partial charge in [-0.25, -0.2) is 4.72 Å². The molecule has 3 aliphatic carbocycles. The van der Waals surface area contributed by atoms with E-state index in [4.69, 9.17) is 4.18 Å². The highest BCUT2D eigenvalue weighted by Crippen LogP contribution is 2.62. The number of nitrogens with one attached hydrogen (secondary N) is 1. The third-order valence-electron chi connectivity index (χ3n) is 6.98. The van der Waals surface area contributed by atoms with Gasteiger partial charge in [-0.05, 0) is 84.1 Å². The van der Waals surface area contributed by atoms with Crippen LogP contribution in [0.2, 0.25) is 0 Å². The lowest BCUT2D eigenvalue weighted by molar-refractivity contribution is -0.117. The summed E-state index contributed by atoms with van der Waals surface area (Å²) in [6.45, 7) is 7.89. The zero-order valence-corrected chi connectivity index (χ0v) is 16.8. The molecule has 0 saturated heterocycles. The minimum atomic E-state index is -4.15. The first-order chi connectivity index (χ1) is 12.7. The maximum absolute atomic E-state index is 11.9. The van der Waals surface area contributed by atoms with Crippen molar-refractivity contribution in [1.82, 2.24) is 4.72 Å². The van der Waals surface area contributed by atoms with Crippen LogP contribution < -0.4 is 8.91 Å². The van der Waals surface area contributed by atoms with Gasteiger partial charge in [-0.15, -0.1) is 0 Å². The van der Waals surface area contributed by atoms with E-state index in [1.807, 2.05) is 10.8 Å². The van der Waals surface area contributed by atoms with Crippen LogP contribution in [0, 0.1) is 17.3 Å². The van der Waals surface area contributed by atoms with E-state index in [-0.39, 0.29) is 5.75 Å². The second kappa shape index (κ2) is 6.36. The molecule has 0 spiro atoms. The van der Waals surface area contributed by atoms with Gasteiger partial charge in [0.05, 0.1) is 0 Å². The fourth-order valence-electron chi connectivity index (χ4n) is 5.89. The molecule has 2 saturated carbocycles. The quantitative estimate of drug-likeness (QED) is 0.842. The highest BCUT2D eigenvalue weighted by Gasteiger charge is 2.50. The smallest absolute Gasteiger partial charge is 0.367 e. The molecule has 4 atom stereocenters. The third-order valence-corrected chi connectivity index (χ3v) is 7.93. The highest BCUT2D eigenvalue weighted by molar-refractivity contribution is 7.85. The number of rotatable bonds is 3. The molecular weight excluding hydrogens is 362 g/mol. The van der Waals surface area contributed by atoms with Crippen LogP contribution in [0.25, 0.3) is 5.57 Å². The molecule has 1 amide bonds. The molecule has 5 nitrogen and oxygen atoms in total. The lowest BCUT2D eigenvalue weighted by Crippen LogP contribution is -2.39. The van der Waals surface area contributed by atoms with Crippen molar-refractivity contribution >= 4 is 21.8 Å². The summed E-state index contributed by atoms with van der Waals surface area (Å²) in [5.74, 6) is 1.45. The molecular formula is C21H27NO4S. The molecule has 146 valence electrons. The average molecular weight is 390 g/mol. The van der Waals surface area contributed by atoms with Crippen LogP contribution in [-0.2, 0) is 15.1 Å². The second-order valence-corrected chi connectivity index (χ2v) is 9.99. The summed E-state index contributed by atoms with van der Waals surface area (Å²) in [4.78, 5) is 11.0. The molecule has 0 aromatic heterocycles. The highest BCUT2D eigenvalue weighted by atomic mass is 32.2. The monoisotopic (exact) mass is 389 g/mol. The van der Waals surface area contributed by atoms with Crippen molar-refractivity contribution in [3.63, 3.8) is 0 Å². The number of carbonyl (C=O) groups excluding carboxylic acids is 1. The van der Waals surface area contributed by atoms with E-state index in [2.05, 4.69) is 13.5 Å². The van der Waals surface area contributed by atoms with Crippen LogP contribution in [0.15, 0.2) is 24.8 Å². The van der Waals surface area contributed by atoms with Gasteiger partial charge in [0, 0.05) is 6.92 Å². The number of fused-ring (bicyclic) bond motifs is 5. The minimum absolute atomic E-state index is 0.212. The summed E-state index contributed by atoms with van der Waals surface area (Å²) >= 11 is 0. The summed E-state index contributed by atoms with van der Waals surface area (Å²) in [5.41, 5.74) is 3.82. The molecule has 6 heteroatoms. The average Bonchev–Trinajstić information content (AvgIpc) is 2.95. The van der Waals surface area contributed by atoms with Gasteiger partial charge < -0.3 is 4.18 Å². The number of benzene rings is 1. The van der Waals surface area contributed by atoms with Crippen LogP contribution in [0.3, 0.4) is 0 Å². The molecule has 1 N–H and O–H groups in total. The topological polar surface area (TPSA) is 72.5 Å². The standard InChI is InChI=1S/C21H27NO4S/c1-13-11-19-17(8-10-21(3)9-4-5-20(19)21)16-7-6-15(12-18(13)16)26-27(24,25)22-14(2)23/h6-7,12,17,19-20H,1,4-5,8-11H2,2-3H3,(H,22,23)/t17?,19?,20?,21-/m0/s1. The Hall–Kier alpha value is -1.82. The van der Waals surface area contributed by atoms with Gasteiger partial charge in [-0.3, -0.25) is 4.79 Å². The Kier molecular flexibility index (Phi) is 4.37. The molecule has 1 aromatic carbocycles. The number of carbonyl (C=O) groups is 1. The zero-order valence-electron chi connectivity index (χ0n) is 16.0. The van der Waals surface area contributed by atoms with Gasteiger partial charge in [-0.1, -0.05) is 26.0 Å². The van der Waals surface area contributed by atoms with Crippen LogP contribution in [0.1, 0.15) is 69.4 Å². The number of hydrogen-bond donors (Lipinski definition) is 1. The van der Waals surface area contributed by atoms with Crippen molar-refractivity contribution in [2.45, 2.75) is 58.3 Å². The first kappa shape index (κ1) is 18.5. The second-order valence-electron chi connectivity index (χ2n) is 8.71. The van der Waals surface area contributed by atoms with Crippen LogP contribution >= 0.6 is 0 Å². The van der Waals surface area contributed by atoms with Gasteiger partial charge in [-0.2, -0.15) is 8.42 Å². The lowest BCUT2D eigenvalue weighted by Gasteiger charge is -2.49. The first-order valence-electron chi connectivity index (χ1n) is 9.73. The Labute approximate surface area is 161 Å². The van der Waals surface area contributed by atoms with Crippen molar-refractivity contribution in [1.29, 1.82) is 0 Å². The van der Waals surface area contributed by atoms with Crippen LogP contribution in [-0.4, -0.2) is 14.3 Å². The Morgan fingerprint density at radius 3 is 2.81 bits per heavy atom. The molecule has 0 heterocycles. The molecule has 27 heavy (non-hydrogen) atoms. The largest absolute Gasteiger partial charge is 0.409 e. The fourth-order valence-corrected chi connectivity index (χ4v) is 6.64. The van der Waals surface area contributed by atoms with Gasteiger partial charge >= 0.3 is 10.3 Å². The predicted octanol–water partition coefficient (Wildman–Crippen LogP) is 4.16. The molecule has 0 bridgehead atoms. The molecule has 3 unspecified atom stereocenters. The number of hydrogen-bond acceptors (Lipinski definition) is 4. The molecule has 3 aliphatic rings. The molecule has 4 rings (SSSR count). The first-order valence-corrected chi connectivity index (χ1v) is 11.1. The zero-order chi connectivity index (χ0) is 19.4. The van der Waals surface area contributed by atoms with Crippen molar-refractivity contribution in [3.8, 4) is 5.75 Å². The summed E-state index contributed by atoms with van der Waals surface area (Å²) in [5, 5.41) is 0. The van der Waals surface area contributed by atoms with E-state index >= 15 is 0 Å². The summed E-state index contributed by atoms with van der Waals surface area (Å²) < 4.78 is 30.6. The SMILES string of the molecule is C=C1CC2C(CC[C@]3(C)CCCC23)c2ccc(OS(=O)(=O)NC(C)=O)cc21. The number of allylic oxidation sites excluding steroid dienone is 1. The molecule has 0 radical (unpaired) electrons. The Morgan fingerprint density at radius 2 is 2.07 bits per heavy atom. The van der Waals surface area contributed by atoms with Crippen molar-refractivity contribution in [2.75, 3.05) is 0 Å². The summed E-state index contributed by atoms with van der Waals surface area (Å²) in [6.07, 6.45) is 7.41. The van der Waals surface area contributed by atoms with Gasteiger partial charge in [0.1, 0.15) is 5.75 Å². The van der Waals surface area contributed by atoms with E-state index in [0.717, 1.165) is 30.4 Å². The predicted molar refractivity (Wildman–Crippen MR) is 104 cm³/mol. The third kappa shape index (κ3) is 3.28. The van der Waals surface area contributed by atoms with E-state index in [9.17, 15) is 13.2 Å². The lowest BCUT2D eigenvalue weighted by atomic mass is 9.55. The molecule has 0 aliphatic heterocycles. The van der Waals surface area contributed by atoms with Crippen molar-refractivity contribution in [2.24, 2.45) is 17.3 Å². The van der Waals surface area contributed by atoms with Crippen LogP contribution in [0.4, 0.5) is 0 Å².